The topological polar surface area (TPSA) is 17.0 Å². The molecule has 2 aliphatic heterocycles. The summed E-state index contributed by atoms with van der Waals surface area (Å²) in [6.45, 7) is 4.19. The van der Waals surface area contributed by atoms with Crippen LogP contribution >= 0.6 is 0 Å². The highest BCUT2D eigenvalue weighted by molar-refractivity contribution is 5.84. The van der Waals surface area contributed by atoms with Crippen LogP contribution in [0.4, 0.5) is 0 Å². The summed E-state index contributed by atoms with van der Waals surface area (Å²) < 4.78 is 8.31. The van der Waals surface area contributed by atoms with Gasteiger partial charge in [0.2, 0.25) is 11.7 Å². The zero-order valence-corrected chi connectivity index (χ0v) is 12.1. The zero-order chi connectivity index (χ0) is 14.4. The Hall–Kier alpha value is -2.61. The first-order valence-electron chi connectivity index (χ1n) is 7.14. The quantitative estimate of drug-likeness (QED) is 0.469. The van der Waals surface area contributed by atoms with Crippen LogP contribution in [0.3, 0.4) is 0 Å². The van der Waals surface area contributed by atoms with Crippen LogP contribution in [0.2, 0.25) is 0 Å². The van der Waals surface area contributed by atoms with Gasteiger partial charge in [-0.25, -0.2) is 0 Å². The molecule has 0 N–H and O–H groups in total. The second-order valence-electron chi connectivity index (χ2n) is 5.38. The number of nitrogens with zero attached hydrogens (tertiary/aromatic N) is 1. The molecule has 0 unspecified atom stereocenters. The Balaban J connectivity index is 2.10. The SMILES string of the molecule is Cc1oc(-c2ccccc2)c[n+]2c3ccccc3c(C)c1-2. The van der Waals surface area contributed by atoms with Gasteiger partial charge in [0.15, 0.2) is 11.5 Å². The molecule has 0 atom stereocenters. The number of para-hydroxylation sites is 1. The number of benzene rings is 2. The maximum absolute atomic E-state index is 6.07. The van der Waals surface area contributed by atoms with E-state index in [-0.39, 0.29) is 0 Å². The number of hydrogen-bond donors (Lipinski definition) is 0. The fourth-order valence-corrected chi connectivity index (χ4v) is 3.09. The highest BCUT2D eigenvalue weighted by atomic mass is 16.3. The number of hydrogen-bond acceptors (Lipinski definition) is 1. The lowest BCUT2D eigenvalue weighted by Crippen LogP contribution is -2.30. The van der Waals surface area contributed by atoms with Crippen molar-refractivity contribution in [1.29, 1.82) is 0 Å². The maximum atomic E-state index is 6.07. The Bertz CT molecular complexity index is 906. The van der Waals surface area contributed by atoms with E-state index >= 15 is 0 Å². The number of fused-ring (bicyclic) bond motifs is 3. The minimum Gasteiger partial charge on any atom is -0.448 e. The smallest absolute Gasteiger partial charge is 0.253 e. The molecule has 21 heavy (non-hydrogen) atoms. The summed E-state index contributed by atoms with van der Waals surface area (Å²) in [5.41, 5.74) is 4.75. The van der Waals surface area contributed by atoms with E-state index in [0.29, 0.717) is 0 Å². The van der Waals surface area contributed by atoms with Gasteiger partial charge in [-0.2, -0.15) is 4.57 Å². The Morgan fingerprint density at radius 3 is 2.38 bits per heavy atom. The summed E-state index contributed by atoms with van der Waals surface area (Å²) in [7, 11) is 0. The molecule has 2 heterocycles. The molecule has 2 heteroatoms. The van der Waals surface area contributed by atoms with Crippen molar-refractivity contribution in [3.63, 3.8) is 0 Å². The molecule has 0 aromatic heterocycles. The average molecular weight is 274 g/mol. The first kappa shape index (κ1) is 12.2. The fourth-order valence-electron chi connectivity index (χ4n) is 3.09. The van der Waals surface area contributed by atoms with Crippen LogP contribution < -0.4 is 4.57 Å². The Morgan fingerprint density at radius 1 is 0.857 bits per heavy atom. The zero-order valence-electron chi connectivity index (χ0n) is 12.1. The third-order valence-corrected chi connectivity index (χ3v) is 4.06. The van der Waals surface area contributed by atoms with Gasteiger partial charge in [0, 0.05) is 24.1 Å². The summed E-state index contributed by atoms with van der Waals surface area (Å²) >= 11 is 0. The fraction of sp³-hybridized carbons (Fsp3) is 0.105. The van der Waals surface area contributed by atoms with Gasteiger partial charge >= 0.3 is 0 Å². The number of aromatic nitrogens is 1. The molecule has 0 spiro atoms. The number of rotatable bonds is 1. The lowest BCUT2D eigenvalue weighted by Gasteiger charge is -2.04. The van der Waals surface area contributed by atoms with Gasteiger partial charge < -0.3 is 4.42 Å². The van der Waals surface area contributed by atoms with Crippen molar-refractivity contribution in [3.8, 4) is 17.0 Å². The molecule has 0 fully saturated rings. The maximum Gasteiger partial charge on any atom is 0.253 e. The van der Waals surface area contributed by atoms with Gasteiger partial charge in [-0.15, -0.1) is 0 Å². The van der Waals surface area contributed by atoms with Crippen LogP contribution in [0.1, 0.15) is 11.3 Å². The van der Waals surface area contributed by atoms with Crippen molar-refractivity contribution in [1.82, 2.24) is 0 Å². The van der Waals surface area contributed by atoms with E-state index in [1.54, 1.807) is 0 Å². The standard InChI is InChI=1S/C19H16NO/c1-13-16-10-6-7-11-17(16)20-12-18(21-14(2)19(13)20)15-8-4-3-5-9-15/h3-12H,1-2H3/q+1. The highest BCUT2D eigenvalue weighted by Gasteiger charge is 2.27. The van der Waals surface area contributed by atoms with Gasteiger partial charge in [0.25, 0.3) is 5.69 Å². The van der Waals surface area contributed by atoms with Crippen molar-refractivity contribution in [3.05, 3.63) is 72.1 Å². The van der Waals surface area contributed by atoms with E-state index < -0.39 is 0 Å². The largest absolute Gasteiger partial charge is 0.448 e. The second-order valence-corrected chi connectivity index (χ2v) is 5.38. The minimum atomic E-state index is 0.890. The molecule has 4 rings (SSSR count). The molecule has 0 saturated carbocycles. The molecule has 2 nitrogen and oxygen atoms in total. The molecule has 102 valence electrons. The van der Waals surface area contributed by atoms with E-state index in [9.17, 15) is 0 Å². The van der Waals surface area contributed by atoms with E-state index in [0.717, 1.165) is 22.8 Å². The molecule has 2 aliphatic rings. The third kappa shape index (κ3) is 1.76. The molecule has 2 aromatic carbocycles. The Kier molecular flexibility index (Phi) is 2.58. The Labute approximate surface area is 123 Å². The average Bonchev–Trinajstić information content (AvgIpc) is 2.82. The highest BCUT2D eigenvalue weighted by Crippen LogP contribution is 2.29. The van der Waals surface area contributed by atoms with E-state index in [4.69, 9.17) is 4.42 Å². The molecule has 0 bridgehead atoms. The van der Waals surface area contributed by atoms with Gasteiger partial charge in [0.05, 0.1) is 5.39 Å². The third-order valence-electron chi connectivity index (χ3n) is 4.06. The summed E-state index contributed by atoms with van der Waals surface area (Å²) in [5, 5.41) is 1.28. The molecule has 2 aromatic rings. The van der Waals surface area contributed by atoms with Gasteiger partial charge in [-0.3, -0.25) is 0 Å². The Morgan fingerprint density at radius 2 is 1.57 bits per heavy atom. The normalized spacial score (nSPS) is 11.3. The summed E-state index contributed by atoms with van der Waals surface area (Å²) in [6, 6.07) is 18.7. The summed E-state index contributed by atoms with van der Waals surface area (Å²) in [5.74, 6) is 1.84. The number of aryl methyl sites for hydroxylation is 2. The van der Waals surface area contributed by atoms with Crippen LogP contribution in [-0.4, -0.2) is 0 Å². The van der Waals surface area contributed by atoms with E-state index in [1.165, 1.54) is 16.5 Å². The molecule has 0 saturated heterocycles. The van der Waals surface area contributed by atoms with Crippen LogP contribution in [0.25, 0.3) is 27.9 Å². The predicted octanol–water partition coefficient (Wildman–Crippen LogP) is 4.43. The molecule has 0 aliphatic carbocycles. The van der Waals surface area contributed by atoms with Gasteiger partial charge in [0.1, 0.15) is 0 Å². The first-order valence-corrected chi connectivity index (χ1v) is 7.14. The van der Waals surface area contributed by atoms with Crippen molar-refractivity contribution in [2.75, 3.05) is 0 Å². The summed E-state index contributed by atoms with van der Waals surface area (Å²) in [4.78, 5) is 0. The molecular weight excluding hydrogens is 258 g/mol. The van der Waals surface area contributed by atoms with Gasteiger partial charge in [-0.1, -0.05) is 42.5 Å². The lowest BCUT2D eigenvalue weighted by molar-refractivity contribution is -0.567. The molecule has 0 amide bonds. The predicted molar refractivity (Wildman–Crippen MR) is 83.8 cm³/mol. The van der Waals surface area contributed by atoms with E-state index in [1.807, 2.05) is 25.1 Å². The van der Waals surface area contributed by atoms with Crippen molar-refractivity contribution >= 4 is 10.9 Å². The van der Waals surface area contributed by atoms with Crippen LogP contribution in [0.5, 0.6) is 0 Å². The molecule has 0 radical (unpaired) electrons. The van der Waals surface area contributed by atoms with Gasteiger partial charge in [-0.05, 0) is 13.0 Å². The second kappa shape index (κ2) is 4.45. The monoisotopic (exact) mass is 274 g/mol. The summed E-state index contributed by atoms with van der Waals surface area (Å²) in [6.07, 6.45) is 2.09. The van der Waals surface area contributed by atoms with Crippen molar-refractivity contribution in [2.45, 2.75) is 13.8 Å². The minimum absolute atomic E-state index is 0.890. The molecular formula is C19H16NO+. The van der Waals surface area contributed by atoms with Crippen LogP contribution in [0.15, 0.2) is 65.2 Å². The van der Waals surface area contributed by atoms with Crippen molar-refractivity contribution < 1.29 is 8.98 Å². The van der Waals surface area contributed by atoms with E-state index in [2.05, 4.69) is 54.1 Å². The lowest BCUT2D eigenvalue weighted by atomic mass is 10.1. The first-order chi connectivity index (χ1) is 10.3. The van der Waals surface area contributed by atoms with Crippen LogP contribution in [0, 0.1) is 13.8 Å². The van der Waals surface area contributed by atoms with Crippen LogP contribution in [-0.2, 0) is 0 Å². The van der Waals surface area contributed by atoms with Crippen molar-refractivity contribution in [2.24, 2.45) is 0 Å².